The Kier molecular flexibility index (Phi) is 5.77. The molecule has 2 aromatic rings. The lowest BCUT2D eigenvalue weighted by atomic mass is 9.79. The zero-order valence-corrected chi connectivity index (χ0v) is 16.6. The van der Waals surface area contributed by atoms with E-state index >= 15 is 0 Å². The number of hydrogen-bond donors (Lipinski definition) is 1. The topological polar surface area (TPSA) is 29.5 Å². The summed E-state index contributed by atoms with van der Waals surface area (Å²) in [6.45, 7) is 7.79. The Balaban J connectivity index is 1.91. The highest BCUT2D eigenvalue weighted by Crippen LogP contribution is 2.52. The Bertz CT molecular complexity index is 678. The molecule has 2 nitrogen and oxygen atoms in total. The van der Waals surface area contributed by atoms with Crippen LogP contribution in [0.2, 0.25) is 19.6 Å². The summed E-state index contributed by atoms with van der Waals surface area (Å²) in [4.78, 5) is 0. The fourth-order valence-corrected chi connectivity index (χ4v) is 5.02. The van der Waals surface area contributed by atoms with Crippen LogP contribution in [0.4, 0.5) is 0 Å². The van der Waals surface area contributed by atoms with Crippen molar-refractivity contribution in [1.82, 2.24) is 0 Å². The zero-order valence-electron chi connectivity index (χ0n) is 15.6. The Hall–Kier alpha value is -1.42. The molecule has 0 fully saturated rings. The van der Waals surface area contributed by atoms with Gasteiger partial charge in [0.15, 0.2) is 8.32 Å². The van der Waals surface area contributed by atoms with Gasteiger partial charge in [-0.05, 0) is 61.0 Å². The fraction of sp³-hybridized carbons (Fsp3) is 0.455. The van der Waals surface area contributed by atoms with Gasteiger partial charge in [-0.1, -0.05) is 54.6 Å². The molecule has 25 heavy (non-hydrogen) atoms. The summed E-state index contributed by atoms with van der Waals surface area (Å²) in [6.07, 6.45) is 1.88. The summed E-state index contributed by atoms with van der Waals surface area (Å²) in [5, 5.41) is 9.72. The van der Waals surface area contributed by atoms with Gasteiger partial charge in [0.25, 0.3) is 0 Å². The molecule has 3 atom stereocenters. The van der Waals surface area contributed by atoms with Crippen LogP contribution in [0.5, 0.6) is 0 Å². The molecule has 3 rings (SSSR count). The van der Waals surface area contributed by atoms with Gasteiger partial charge >= 0.3 is 0 Å². The molecule has 0 heterocycles. The van der Waals surface area contributed by atoms with E-state index in [4.69, 9.17) is 4.43 Å². The summed E-state index contributed by atoms with van der Waals surface area (Å²) in [5.41, 5.74) is 4.25. The standard InChI is InChI=1S/C22H30O2Si/c1-25(2,3)24-16-14-19-18-11-7-8-12-20(18)22(21(19)13-15-23)17-9-5-4-6-10-17/h4-12,19,21-23H,13-16H2,1-3H3. The number of aliphatic hydroxyl groups excluding tert-OH is 1. The van der Waals surface area contributed by atoms with Gasteiger partial charge in [-0.15, -0.1) is 0 Å². The normalized spacial score (nSPS) is 22.8. The summed E-state index contributed by atoms with van der Waals surface area (Å²) >= 11 is 0. The second kappa shape index (κ2) is 7.86. The summed E-state index contributed by atoms with van der Waals surface area (Å²) in [7, 11) is -1.49. The minimum Gasteiger partial charge on any atom is -0.418 e. The van der Waals surface area contributed by atoms with E-state index in [0.29, 0.717) is 17.8 Å². The lowest BCUT2D eigenvalue weighted by Crippen LogP contribution is -2.27. The average Bonchev–Trinajstić information content (AvgIpc) is 2.89. The largest absolute Gasteiger partial charge is 0.418 e. The first kappa shape index (κ1) is 18.4. The third-order valence-corrected chi connectivity index (χ3v) is 6.33. The van der Waals surface area contributed by atoms with Crippen molar-refractivity contribution in [2.24, 2.45) is 5.92 Å². The smallest absolute Gasteiger partial charge is 0.183 e. The first-order valence-electron chi connectivity index (χ1n) is 9.40. The van der Waals surface area contributed by atoms with Gasteiger partial charge in [0.2, 0.25) is 0 Å². The van der Waals surface area contributed by atoms with Gasteiger partial charge in [-0.2, -0.15) is 0 Å². The van der Waals surface area contributed by atoms with Gasteiger partial charge in [0.05, 0.1) is 0 Å². The molecule has 1 aliphatic carbocycles. The quantitative estimate of drug-likeness (QED) is 0.696. The molecule has 3 heteroatoms. The number of benzene rings is 2. The van der Waals surface area contributed by atoms with E-state index in [1.807, 2.05) is 0 Å². The van der Waals surface area contributed by atoms with E-state index in [1.54, 1.807) is 0 Å². The molecule has 0 bridgehead atoms. The SMILES string of the molecule is C[Si](C)(C)OCCC1c2ccccc2C(c2ccccc2)C1CCO. The molecule has 3 unspecified atom stereocenters. The number of fused-ring (bicyclic) bond motifs is 1. The predicted octanol–water partition coefficient (Wildman–Crippen LogP) is 5.16. The summed E-state index contributed by atoms with van der Waals surface area (Å²) in [6, 6.07) is 19.6. The van der Waals surface area contributed by atoms with Crippen molar-refractivity contribution in [2.45, 2.75) is 44.3 Å². The van der Waals surface area contributed by atoms with Crippen LogP contribution >= 0.6 is 0 Å². The molecule has 0 saturated carbocycles. The monoisotopic (exact) mass is 354 g/mol. The lowest BCUT2D eigenvalue weighted by Gasteiger charge is -2.27. The predicted molar refractivity (Wildman–Crippen MR) is 107 cm³/mol. The second-order valence-corrected chi connectivity index (χ2v) is 12.6. The maximum absolute atomic E-state index is 9.72. The molecule has 0 radical (unpaired) electrons. The van der Waals surface area contributed by atoms with Crippen molar-refractivity contribution in [1.29, 1.82) is 0 Å². The molecular weight excluding hydrogens is 324 g/mol. The third kappa shape index (κ3) is 4.22. The van der Waals surface area contributed by atoms with Crippen molar-refractivity contribution in [2.75, 3.05) is 13.2 Å². The third-order valence-electron chi connectivity index (χ3n) is 5.26. The van der Waals surface area contributed by atoms with Crippen LogP contribution in [0.25, 0.3) is 0 Å². The van der Waals surface area contributed by atoms with Gasteiger partial charge in [0, 0.05) is 19.1 Å². The van der Waals surface area contributed by atoms with Crippen molar-refractivity contribution >= 4 is 8.32 Å². The van der Waals surface area contributed by atoms with Crippen LogP contribution in [0.1, 0.15) is 41.4 Å². The van der Waals surface area contributed by atoms with Gasteiger partial charge < -0.3 is 9.53 Å². The highest BCUT2D eigenvalue weighted by Gasteiger charge is 2.40. The van der Waals surface area contributed by atoms with Crippen molar-refractivity contribution in [3.8, 4) is 0 Å². The van der Waals surface area contributed by atoms with Gasteiger partial charge in [0.1, 0.15) is 0 Å². The van der Waals surface area contributed by atoms with Crippen LogP contribution in [0.3, 0.4) is 0 Å². The minimum absolute atomic E-state index is 0.243. The number of rotatable bonds is 7. The van der Waals surface area contributed by atoms with Crippen LogP contribution < -0.4 is 0 Å². The molecule has 134 valence electrons. The summed E-state index contributed by atoms with van der Waals surface area (Å²) in [5.74, 6) is 1.28. The van der Waals surface area contributed by atoms with E-state index in [9.17, 15) is 5.11 Å². The Morgan fingerprint density at radius 3 is 2.16 bits per heavy atom. The molecule has 1 aliphatic rings. The van der Waals surface area contributed by atoms with Crippen molar-refractivity contribution in [3.05, 3.63) is 71.3 Å². The van der Waals surface area contributed by atoms with Crippen molar-refractivity contribution in [3.63, 3.8) is 0 Å². The van der Waals surface area contributed by atoms with E-state index in [2.05, 4.69) is 74.2 Å². The highest BCUT2D eigenvalue weighted by atomic mass is 28.4. The van der Waals surface area contributed by atoms with Crippen LogP contribution in [-0.2, 0) is 4.43 Å². The first-order chi connectivity index (χ1) is 12.0. The number of aliphatic hydroxyl groups is 1. The van der Waals surface area contributed by atoms with Crippen LogP contribution in [0, 0.1) is 5.92 Å². The Labute approximate surface area is 153 Å². The van der Waals surface area contributed by atoms with Gasteiger partial charge in [-0.3, -0.25) is 0 Å². The van der Waals surface area contributed by atoms with E-state index < -0.39 is 8.32 Å². The van der Waals surface area contributed by atoms with E-state index in [-0.39, 0.29) is 6.61 Å². The van der Waals surface area contributed by atoms with Crippen molar-refractivity contribution < 1.29 is 9.53 Å². The second-order valence-electron chi connectivity index (χ2n) is 8.05. The average molecular weight is 355 g/mol. The maximum Gasteiger partial charge on any atom is 0.183 e. The summed E-state index contributed by atoms with van der Waals surface area (Å²) < 4.78 is 6.15. The molecule has 0 aliphatic heterocycles. The van der Waals surface area contributed by atoms with E-state index in [0.717, 1.165) is 19.4 Å². The molecule has 1 N–H and O–H groups in total. The Morgan fingerprint density at radius 1 is 0.880 bits per heavy atom. The van der Waals surface area contributed by atoms with E-state index in [1.165, 1.54) is 16.7 Å². The van der Waals surface area contributed by atoms with Crippen LogP contribution in [-0.4, -0.2) is 26.6 Å². The molecular formula is C22H30O2Si. The Morgan fingerprint density at radius 2 is 1.52 bits per heavy atom. The molecule has 2 aromatic carbocycles. The first-order valence-corrected chi connectivity index (χ1v) is 12.8. The molecule has 0 spiro atoms. The zero-order chi connectivity index (χ0) is 17.9. The molecule has 0 amide bonds. The maximum atomic E-state index is 9.72. The van der Waals surface area contributed by atoms with Gasteiger partial charge in [-0.25, -0.2) is 0 Å². The lowest BCUT2D eigenvalue weighted by molar-refractivity contribution is 0.219. The minimum atomic E-state index is -1.49. The van der Waals surface area contributed by atoms with Crippen LogP contribution in [0.15, 0.2) is 54.6 Å². The molecule has 0 aromatic heterocycles. The highest BCUT2D eigenvalue weighted by molar-refractivity contribution is 6.69. The molecule has 0 saturated heterocycles. The number of hydrogen-bond acceptors (Lipinski definition) is 2. The fourth-order valence-electron chi connectivity index (χ4n) is 4.29.